The average Bonchev–Trinajstić information content (AvgIpc) is 3.29. The van der Waals surface area contributed by atoms with E-state index < -0.39 is 20.9 Å². The lowest BCUT2D eigenvalue weighted by Gasteiger charge is -2.23. The molecule has 12 nitrogen and oxygen atoms in total. The first-order valence-corrected chi connectivity index (χ1v) is 14.8. The molecule has 13 heteroatoms. The monoisotopic (exact) mass is 592 g/mol. The molecule has 0 saturated heterocycles. The third kappa shape index (κ3) is 6.93. The second kappa shape index (κ2) is 12.8. The van der Waals surface area contributed by atoms with Crippen LogP contribution in [0.15, 0.2) is 77.8 Å². The lowest BCUT2D eigenvalue weighted by atomic mass is 10.0. The van der Waals surface area contributed by atoms with Crippen LogP contribution in [0.25, 0.3) is 10.9 Å². The number of hydrogen-bond acceptors (Lipinski definition) is 8. The molecule has 1 heterocycles. The van der Waals surface area contributed by atoms with Gasteiger partial charge in [0.15, 0.2) is 5.88 Å². The Bertz CT molecular complexity index is 1720. The highest BCUT2D eigenvalue weighted by Gasteiger charge is 2.24. The first-order valence-electron chi connectivity index (χ1n) is 13.2. The number of fused-ring (bicyclic) bond motifs is 1. The van der Waals surface area contributed by atoms with Gasteiger partial charge in [0.25, 0.3) is 5.69 Å². The van der Waals surface area contributed by atoms with Gasteiger partial charge in [0.2, 0.25) is 15.9 Å². The molecule has 1 amide bonds. The number of carbonyl (C=O) groups is 1. The number of rotatable bonds is 12. The summed E-state index contributed by atoms with van der Waals surface area (Å²) in [6.07, 6.45) is 0. The molecule has 3 aromatic carbocycles. The van der Waals surface area contributed by atoms with E-state index in [0.717, 1.165) is 4.31 Å². The highest BCUT2D eigenvalue weighted by molar-refractivity contribution is 7.92. The molecule has 0 aliphatic carbocycles. The summed E-state index contributed by atoms with van der Waals surface area (Å²) in [4.78, 5) is 33.0. The molecular formula is C29H32N6O6S. The van der Waals surface area contributed by atoms with Gasteiger partial charge >= 0.3 is 0 Å². The van der Waals surface area contributed by atoms with Crippen molar-refractivity contribution in [2.24, 2.45) is 4.99 Å². The van der Waals surface area contributed by atoms with Crippen LogP contribution in [0.3, 0.4) is 0 Å². The van der Waals surface area contributed by atoms with Crippen molar-refractivity contribution in [2.75, 3.05) is 43.8 Å². The van der Waals surface area contributed by atoms with Crippen LogP contribution < -0.4 is 9.62 Å². The van der Waals surface area contributed by atoms with Crippen molar-refractivity contribution in [3.63, 3.8) is 0 Å². The minimum atomic E-state index is -3.77. The van der Waals surface area contributed by atoms with Crippen LogP contribution in [-0.4, -0.2) is 79.4 Å². The number of amides is 1. The van der Waals surface area contributed by atoms with Gasteiger partial charge in [-0.25, -0.2) is 13.4 Å². The molecule has 0 fully saturated rings. The Labute approximate surface area is 243 Å². The van der Waals surface area contributed by atoms with Crippen molar-refractivity contribution >= 4 is 49.6 Å². The Morgan fingerprint density at radius 2 is 1.76 bits per heavy atom. The molecule has 220 valence electrons. The smallest absolute Gasteiger partial charge is 0.270 e. The SMILES string of the molecule is CCS(=O)(=O)N(CC(=O)NCCN(C)C)c1ccc(N=C(c2ccccc2)c2c(O)[nH]c3ccc([N+](=O)[O-])cc23)cc1. The van der Waals surface area contributed by atoms with Crippen molar-refractivity contribution in [2.45, 2.75) is 6.92 Å². The molecule has 0 unspecified atom stereocenters. The molecular weight excluding hydrogens is 560 g/mol. The predicted octanol–water partition coefficient (Wildman–Crippen LogP) is 3.78. The standard InChI is InChI=1S/C29H32N6O6S/c1-4-42(40,41)34(19-26(36)30-16-17-33(2)3)22-12-10-21(11-13-22)31-28(20-8-6-5-7-9-20)27-24-18-23(35(38)39)14-15-25(24)32-29(27)37/h5-15,18,32,37H,4,16-17,19H2,1-3H3,(H,30,36). The van der Waals surface area contributed by atoms with E-state index >= 15 is 0 Å². The molecule has 0 bridgehead atoms. The number of likely N-dealkylation sites (N-methyl/N-ethyl adjacent to an activating group) is 1. The summed E-state index contributed by atoms with van der Waals surface area (Å²) in [6, 6.07) is 19.6. The largest absolute Gasteiger partial charge is 0.494 e. The normalized spacial score (nSPS) is 12.0. The van der Waals surface area contributed by atoms with E-state index in [0.29, 0.717) is 46.6 Å². The highest BCUT2D eigenvalue weighted by atomic mass is 32.2. The van der Waals surface area contributed by atoms with Gasteiger partial charge in [-0.05, 0) is 51.4 Å². The zero-order valence-electron chi connectivity index (χ0n) is 23.4. The summed E-state index contributed by atoms with van der Waals surface area (Å²) in [6.45, 7) is 2.13. The molecule has 0 spiro atoms. The summed E-state index contributed by atoms with van der Waals surface area (Å²) in [7, 11) is -0.0272. The van der Waals surface area contributed by atoms with Crippen LogP contribution in [0.5, 0.6) is 5.88 Å². The van der Waals surface area contributed by atoms with Crippen molar-refractivity contribution in [1.82, 2.24) is 15.2 Å². The lowest BCUT2D eigenvalue weighted by Crippen LogP contribution is -2.43. The third-order valence-electron chi connectivity index (χ3n) is 6.50. The summed E-state index contributed by atoms with van der Waals surface area (Å²) < 4.78 is 26.8. The molecule has 0 saturated carbocycles. The number of aromatic nitrogens is 1. The summed E-state index contributed by atoms with van der Waals surface area (Å²) in [5, 5.41) is 25.5. The van der Waals surface area contributed by atoms with Crippen LogP contribution in [-0.2, 0) is 14.8 Å². The molecule has 0 radical (unpaired) electrons. The number of nitro groups is 1. The van der Waals surface area contributed by atoms with Gasteiger partial charge < -0.3 is 20.3 Å². The molecule has 4 rings (SSSR count). The third-order valence-corrected chi connectivity index (χ3v) is 8.25. The molecule has 0 aliphatic heterocycles. The van der Waals surface area contributed by atoms with Crippen LogP contribution in [0.1, 0.15) is 18.1 Å². The van der Waals surface area contributed by atoms with E-state index in [-0.39, 0.29) is 29.4 Å². The molecule has 4 aromatic rings. The van der Waals surface area contributed by atoms with Crippen LogP contribution in [0, 0.1) is 10.1 Å². The van der Waals surface area contributed by atoms with E-state index in [9.17, 15) is 28.4 Å². The molecule has 0 atom stereocenters. The molecule has 3 N–H and O–H groups in total. The number of nitrogens with one attached hydrogen (secondary N) is 2. The lowest BCUT2D eigenvalue weighted by molar-refractivity contribution is -0.384. The Hall–Kier alpha value is -4.75. The number of H-pyrrole nitrogens is 1. The van der Waals surface area contributed by atoms with Crippen molar-refractivity contribution < 1.29 is 23.2 Å². The van der Waals surface area contributed by atoms with Crippen LogP contribution >= 0.6 is 0 Å². The first-order chi connectivity index (χ1) is 20.0. The Morgan fingerprint density at radius 3 is 2.38 bits per heavy atom. The minimum absolute atomic E-state index is 0.137. The number of non-ortho nitro benzene ring substituents is 1. The van der Waals surface area contributed by atoms with Gasteiger partial charge in [0.1, 0.15) is 6.54 Å². The van der Waals surface area contributed by atoms with Gasteiger partial charge in [-0.3, -0.25) is 19.2 Å². The maximum atomic E-state index is 12.9. The highest BCUT2D eigenvalue weighted by Crippen LogP contribution is 2.34. The van der Waals surface area contributed by atoms with Crippen LogP contribution in [0.2, 0.25) is 0 Å². The predicted molar refractivity (Wildman–Crippen MR) is 163 cm³/mol. The zero-order valence-corrected chi connectivity index (χ0v) is 24.3. The average molecular weight is 593 g/mol. The fourth-order valence-electron chi connectivity index (χ4n) is 4.31. The summed E-state index contributed by atoms with van der Waals surface area (Å²) in [5.41, 5.74) is 2.37. The number of nitrogens with zero attached hydrogens (tertiary/aromatic N) is 4. The van der Waals surface area contributed by atoms with Gasteiger partial charge in [0.05, 0.1) is 33.3 Å². The van der Waals surface area contributed by atoms with Crippen molar-refractivity contribution in [3.05, 3.63) is 94.0 Å². The minimum Gasteiger partial charge on any atom is -0.494 e. The van der Waals surface area contributed by atoms with Gasteiger partial charge in [-0.2, -0.15) is 0 Å². The zero-order chi connectivity index (χ0) is 30.4. The number of carbonyl (C=O) groups excluding carboxylic acids is 1. The topological polar surface area (TPSA) is 161 Å². The maximum Gasteiger partial charge on any atom is 0.270 e. The number of nitro benzene ring substituents is 1. The maximum absolute atomic E-state index is 12.9. The Kier molecular flexibility index (Phi) is 9.23. The number of anilines is 1. The van der Waals surface area contributed by atoms with Gasteiger partial charge in [0, 0.05) is 41.7 Å². The van der Waals surface area contributed by atoms with E-state index in [1.807, 2.05) is 25.1 Å². The fraction of sp³-hybridized carbons (Fsp3) is 0.241. The fourth-order valence-corrected chi connectivity index (χ4v) is 5.38. The van der Waals surface area contributed by atoms with Crippen LogP contribution in [0.4, 0.5) is 17.1 Å². The van der Waals surface area contributed by atoms with E-state index in [1.165, 1.54) is 25.1 Å². The number of aliphatic imine (C=N–C) groups is 1. The summed E-state index contributed by atoms with van der Waals surface area (Å²) in [5.74, 6) is -0.821. The second-order valence-electron chi connectivity index (χ2n) is 9.74. The first kappa shape index (κ1) is 30.2. The van der Waals surface area contributed by atoms with Crippen molar-refractivity contribution in [3.8, 4) is 5.88 Å². The van der Waals surface area contributed by atoms with E-state index in [1.54, 1.807) is 48.5 Å². The summed E-state index contributed by atoms with van der Waals surface area (Å²) >= 11 is 0. The molecule has 0 aliphatic rings. The van der Waals surface area contributed by atoms with Crippen molar-refractivity contribution in [1.29, 1.82) is 0 Å². The number of aromatic hydroxyl groups is 1. The van der Waals surface area contributed by atoms with Gasteiger partial charge in [-0.1, -0.05) is 30.3 Å². The number of aromatic amines is 1. The Morgan fingerprint density at radius 1 is 1.07 bits per heavy atom. The number of benzene rings is 3. The van der Waals surface area contributed by atoms with E-state index in [2.05, 4.69) is 10.3 Å². The number of hydrogen-bond donors (Lipinski definition) is 3. The molecule has 1 aromatic heterocycles. The second-order valence-corrected chi connectivity index (χ2v) is 11.9. The number of sulfonamides is 1. The quantitative estimate of drug-likeness (QED) is 0.128. The molecule has 42 heavy (non-hydrogen) atoms. The van der Waals surface area contributed by atoms with Gasteiger partial charge in [-0.15, -0.1) is 0 Å². The van der Waals surface area contributed by atoms with E-state index in [4.69, 9.17) is 4.99 Å². The Balaban J connectivity index is 1.74.